The van der Waals surface area contributed by atoms with Crippen molar-refractivity contribution in [2.24, 2.45) is 0 Å². The normalized spacial score (nSPS) is 12.9. The number of allylic oxidation sites excluding steroid dienone is 1. The van der Waals surface area contributed by atoms with Gasteiger partial charge in [-0.1, -0.05) is 23.7 Å². The molecule has 0 bridgehead atoms. The first-order valence-corrected chi connectivity index (χ1v) is 8.91. The molecule has 4 nitrogen and oxygen atoms in total. The van der Waals surface area contributed by atoms with Crippen molar-refractivity contribution in [1.29, 1.82) is 5.26 Å². The zero-order chi connectivity index (χ0) is 19.0. The monoisotopic (exact) mass is 376 g/mol. The van der Waals surface area contributed by atoms with Crippen molar-refractivity contribution in [3.05, 3.63) is 76.1 Å². The molecule has 0 atom stereocenters. The van der Waals surface area contributed by atoms with E-state index in [0.717, 1.165) is 39.7 Å². The Morgan fingerprint density at radius 3 is 2.56 bits per heavy atom. The maximum atomic E-state index is 9.61. The van der Waals surface area contributed by atoms with Crippen LogP contribution < -0.4 is 9.47 Å². The minimum absolute atomic E-state index is 0.253. The molecule has 1 aliphatic rings. The fourth-order valence-corrected chi connectivity index (χ4v) is 3.45. The molecule has 5 heteroatoms. The standard InChI is InChI=1S/C22H17ClN2O2/c1-14-9-17(10-18(12-24)16-3-5-19(23)6-4-16)15(2)25(14)20-7-8-21-22(11-20)27-13-26-21/h3-11H,13H2,1-2H3/b18-10-. The number of nitriles is 1. The van der Waals surface area contributed by atoms with Gasteiger partial charge in [0.25, 0.3) is 0 Å². The van der Waals surface area contributed by atoms with Gasteiger partial charge < -0.3 is 14.0 Å². The lowest BCUT2D eigenvalue weighted by atomic mass is 10.0. The maximum absolute atomic E-state index is 9.61. The SMILES string of the molecule is Cc1cc(/C=C(/C#N)c2ccc(Cl)cc2)c(C)n1-c1ccc2c(c1)OCO2. The summed E-state index contributed by atoms with van der Waals surface area (Å²) in [4.78, 5) is 0. The molecule has 0 amide bonds. The summed E-state index contributed by atoms with van der Waals surface area (Å²) in [5.74, 6) is 1.51. The average Bonchev–Trinajstić information content (AvgIpc) is 3.24. The topological polar surface area (TPSA) is 47.2 Å². The first-order valence-electron chi connectivity index (χ1n) is 8.53. The first kappa shape index (κ1) is 17.3. The van der Waals surface area contributed by atoms with Crippen LogP contribution in [0.2, 0.25) is 5.02 Å². The molecular formula is C22H17ClN2O2. The van der Waals surface area contributed by atoms with Crippen molar-refractivity contribution in [3.8, 4) is 23.3 Å². The molecule has 1 aliphatic heterocycles. The quantitative estimate of drug-likeness (QED) is 0.564. The Balaban J connectivity index is 1.76. The number of hydrogen-bond donors (Lipinski definition) is 0. The number of benzene rings is 2. The van der Waals surface area contributed by atoms with Crippen LogP contribution in [0, 0.1) is 25.2 Å². The van der Waals surface area contributed by atoms with Crippen molar-refractivity contribution in [3.63, 3.8) is 0 Å². The van der Waals surface area contributed by atoms with E-state index >= 15 is 0 Å². The Hall–Kier alpha value is -3.16. The van der Waals surface area contributed by atoms with Crippen LogP contribution in [-0.2, 0) is 0 Å². The van der Waals surface area contributed by atoms with E-state index in [1.807, 2.05) is 50.3 Å². The van der Waals surface area contributed by atoms with Gasteiger partial charge in [-0.2, -0.15) is 5.26 Å². The van der Waals surface area contributed by atoms with Crippen molar-refractivity contribution in [2.75, 3.05) is 6.79 Å². The van der Waals surface area contributed by atoms with Gasteiger partial charge in [0.15, 0.2) is 11.5 Å². The summed E-state index contributed by atoms with van der Waals surface area (Å²) in [6, 6.07) is 17.6. The molecule has 0 unspecified atom stereocenters. The molecule has 2 aromatic carbocycles. The summed E-state index contributed by atoms with van der Waals surface area (Å²) in [5, 5.41) is 10.3. The molecule has 0 saturated carbocycles. The Bertz CT molecular complexity index is 1090. The van der Waals surface area contributed by atoms with Crippen LogP contribution in [0.4, 0.5) is 0 Å². The second kappa shape index (κ2) is 6.86. The number of hydrogen-bond acceptors (Lipinski definition) is 3. The molecule has 1 aromatic heterocycles. The number of fused-ring (bicyclic) bond motifs is 1. The summed E-state index contributed by atoms with van der Waals surface area (Å²) in [6.45, 7) is 4.34. The molecular weight excluding hydrogens is 360 g/mol. The fourth-order valence-electron chi connectivity index (χ4n) is 3.32. The number of nitrogens with zero attached hydrogens (tertiary/aromatic N) is 2. The Labute approximate surface area is 162 Å². The summed E-state index contributed by atoms with van der Waals surface area (Å²) in [7, 11) is 0. The van der Waals surface area contributed by atoms with Gasteiger partial charge >= 0.3 is 0 Å². The highest BCUT2D eigenvalue weighted by molar-refractivity contribution is 6.30. The second-order valence-electron chi connectivity index (χ2n) is 6.38. The summed E-state index contributed by atoms with van der Waals surface area (Å²) >= 11 is 5.95. The molecule has 0 aliphatic carbocycles. The highest BCUT2D eigenvalue weighted by Gasteiger charge is 2.16. The minimum atomic E-state index is 0.253. The van der Waals surface area contributed by atoms with Crippen molar-refractivity contribution < 1.29 is 9.47 Å². The van der Waals surface area contributed by atoms with Crippen molar-refractivity contribution in [1.82, 2.24) is 4.57 Å². The van der Waals surface area contributed by atoms with Crippen LogP contribution in [0.25, 0.3) is 17.3 Å². The summed E-state index contributed by atoms with van der Waals surface area (Å²) in [5.41, 5.74) is 5.56. The van der Waals surface area contributed by atoms with Gasteiger partial charge in [0.1, 0.15) is 0 Å². The van der Waals surface area contributed by atoms with E-state index < -0.39 is 0 Å². The van der Waals surface area contributed by atoms with E-state index in [-0.39, 0.29) is 6.79 Å². The summed E-state index contributed by atoms with van der Waals surface area (Å²) < 4.78 is 13.0. The van der Waals surface area contributed by atoms with E-state index in [2.05, 4.69) is 16.7 Å². The van der Waals surface area contributed by atoms with Crippen LogP contribution in [0.1, 0.15) is 22.5 Å². The van der Waals surface area contributed by atoms with Gasteiger partial charge in [-0.15, -0.1) is 0 Å². The van der Waals surface area contributed by atoms with Gasteiger partial charge in [-0.25, -0.2) is 0 Å². The summed E-state index contributed by atoms with van der Waals surface area (Å²) in [6.07, 6.45) is 1.91. The number of aryl methyl sites for hydroxylation is 1. The number of halogens is 1. The number of ether oxygens (including phenoxy) is 2. The molecule has 0 fully saturated rings. The molecule has 2 heterocycles. The van der Waals surface area contributed by atoms with Crippen molar-refractivity contribution in [2.45, 2.75) is 13.8 Å². The highest BCUT2D eigenvalue weighted by atomic mass is 35.5. The zero-order valence-electron chi connectivity index (χ0n) is 15.0. The Kier molecular flexibility index (Phi) is 4.39. The van der Waals surface area contributed by atoms with E-state index in [4.69, 9.17) is 21.1 Å². The Morgan fingerprint density at radius 1 is 1.07 bits per heavy atom. The molecule has 0 spiro atoms. The smallest absolute Gasteiger partial charge is 0.231 e. The zero-order valence-corrected chi connectivity index (χ0v) is 15.7. The van der Waals surface area contributed by atoms with Crippen LogP contribution >= 0.6 is 11.6 Å². The van der Waals surface area contributed by atoms with Gasteiger partial charge in [-0.05, 0) is 61.4 Å². The molecule has 27 heavy (non-hydrogen) atoms. The third kappa shape index (κ3) is 3.18. The molecule has 0 N–H and O–H groups in total. The third-order valence-corrected chi connectivity index (χ3v) is 4.91. The second-order valence-corrected chi connectivity index (χ2v) is 6.81. The largest absolute Gasteiger partial charge is 0.454 e. The lowest BCUT2D eigenvalue weighted by molar-refractivity contribution is 0.174. The average molecular weight is 377 g/mol. The predicted molar refractivity (Wildman–Crippen MR) is 106 cm³/mol. The highest BCUT2D eigenvalue weighted by Crippen LogP contribution is 2.35. The number of aromatic nitrogens is 1. The maximum Gasteiger partial charge on any atom is 0.231 e. The molecule has 3 aromatic rings. The van der Waals surface area contributed by atoms with Gasteiger partial charge in [0, 0.05) is 28.2 Å². The van der Waals surface area contributed by atoms with Gasteiger partial charge in [0.05, 0.1) is 11.6 Å². The first-order chi connectivity index (χ1) is 13.1. The molecule has 134 valence electrons. The van der Waals surface area contributed by atoms with E-state index in [1.54, 1.807) is 12.1 Å². The predicted octanol–water partition coefficient (Wildman–Crippen LogP) is 5.54. The lowest BCUT2D eigenvalue weighted by Gasteiger charge is -2.10. The van der Waals surface area contributed by atoms with Gasteiger partial charge in [0.2, 0.25) is 6.79 Å². The van der Waals surface area contributed by atoms with Crippen LogP contribution in [-0.4, -0.2) is 11.4 Å². The lowest BCUT2D eigenvalue weighted by Crippen LogP contribution is -1.99. The van der Waals surface area contributed by atoms with E-state index in [1.165, 1.54) is 0 Å². The minimum Gasteiger partial charge on any atom is -0.454 e. The van der Waals surface area contributed by atoms with E-state index in [0.29, 0.717) is 10.6 Å². The molecule has 0 radical (unpaired) electrons. The van der Waals surface area contributed by atoms with E-state index in [9.17, 15) is 5.26 Å². The van der Waals surface area contributed by atoms with Gasteiger partial charge in [-0.3, -0.25) is 0 Å². The Morgan fingerprint density at radius 2 is 1.81 bits per heavy atom. The fraction of sp³-hybridized carbons (Fsp3) is 0.136. The van der Waals surface area contributed by atoms with Crippen LogP contribution in [0.5, 0.6) is 11.5 Å². The molecule has 0 saturated heterocycles. The van der Waals surface area contributed by atoms with Crippen LogP contribution in [0.3, 0.4) is 0 Å². The molecule has 4 rings (SSSR count). The van der Waals surface area contributed by atoms with Crippen LogP contribution in [0.15, 0.2) is 48.5 Å². The number of rotatable bonds is 3. The third-order valence-electron chi connectivity index (χ3n) is 4.66. The van der Waals surface area contributed by atoms with Crippen molar-refractivity contribution >= 4 is 23.3 Å².